The molecule has 0 aliphatic heterocycles. The molecular weight excluding hydrogens is 358 g/mol. The summed E-state index contributed by atoms with van der Waals surface area (Å²) in [5, 5.41) is 2.94. The third-order valence-electron chi connectivity index (χ3n) is 4.97. The molecule has 1 unspecified atom stereocenters. The van der Waals surface area contributed by atoms with Gasteiger partial charge in [0.1, 0.15) is 0 Å². The minimum atomic E-state index is -0.256. The van der Waals surface area contributed by atoms with Crippen LogP contribution in [-0.4, -0.2) is 11.7 Å². The summed E-state index contributed by atoms with van der Waals surface area (Å²) in [7, 11) is 0. The minimum absolute atomic E-state index is 0.0293. The van der Waals surface area contributed by atoms with Crippen LogP contribution in [0.25, 0.3) is 0 Å². The average molecular weight is 386 g/mol. The van der Waals surface area contributed by atoms with E-state index in [4.69, 9.17) is 0 Å². The standard InChI is InChI=1S/C26H27NO2/c1-18(2)17-20-9-11-21(12-10-20)19(3)26(29)27-24-15-13-23(14-16-24)25(28)22-7-5-4-6-8-22/h4-16,18-19H,17H2,1-3H3,(H,27,29). The predicted octanol–water partition coefficient (Wildman–Crippen LogP) is 5.86. The van der Waals surface area contributed by atoms with Gasteiger partial charge in [-0.05, 0) is 54.7 Å². The van der Waals surface area contributed by atoms with Crippen molar-refractivity contribution >= 4 is 17.4 Å². The highest BCUT2D eigenvalue weighted by atomic mass is 16.2. The summed E-state index contributed by atoms with van der Waals surface area (Å²) < 4.78 is 0. The Kier molecular flexibility index (Phi) is 6.61. The van der Waals surface area contributed by atoms with E-state index in [1.165, 1.54) is 5.56 Å². The van der Waals surface area contributed by atoms with Crippen molar-refractivity contribution in [3.8, 4) is 0 Å². The van der Waals surface area contributed by atoms with E-state index >= 15 is 0 Å². The highest BCUT2D eigenvalue weighted by Gasteiger charge is 2.16. The molecule has 0 saturated carbocycles. The lowest BCUT2D eigenvalue weighted by Crippen LogP contribution is -2.19. The first-order valence-corrected chi connectivity index (χ1v) is 10.0. The zero-order valence-electron chi connectivity index (χ0n) is 17.2. The van der Waals surface area contributed by atoms with Crippen LogP contribution in [0.1, 0.15) is 53.7 Å². The van der Waals surface area contributed by atoms with Gasteiger partial charge in [-0.15, -0.1) is 0 Å². The minimum Gasteiger partial charge on any atom is -0.326 e. The maximum absolute atomic E-state index is 12.6. The smallest absolute Gasteiger partial charge is 0.231 e. The van der Waals surface area contributed by atoms with Crippen LogP contribution >= 0.6 is 0 Å². The maximum Gasteiger partial charge on any atom is 0.231 e. The fourth-order valence-electron chi connectivity index (χ4n) is 3.28. The van der Waals surface area contributed by atoms with Crippen molar-refractivity contribution in [3.05, 3.63) is 101 Å². The van der Waals surface area contributed by atoms with E-state index in [1.807, 2.05) is 37.3 Å². The number of benzene rings is 3. The van der Waals surface area contributed by atoms with Gasteiger partial charge in [-0.3, -0.25) is 9.59 Å². The van der Waals surface area contributed by atoms with E-state index in [2.05, 4.69) is 31.3 Å². The zero-order valence-corrected chi connectivity index (χ0v) is 17.2. The van der Waals surface area contributed by atoms with Crippen LogP contribution in [0.3, 0.4) is 0 Å². The summed E-state index contributed by atoms with van der Waals surface area (Å²) in [6.45, 7) is 6.30. The van der Waals surface area contributed by atoms with Crippen molar-refractivity contribution in [2.45, 2.75) is 33.1 Å². The van der Waals surface area contributed by atoms with E-state index in [1.54, 1.807) is 36.4 Å². The molecule has 3 rings (SSSR count). The van der Waals surface area contributed by atoms with Gasteiger partial charge < -0.3 is 5.32 Å². The molecule has 1 atom stereocenters. The molecule has 0 radical (unpaired) electrons. The number of amides is 1. The number of ketones is 1. The first kappa shape index (κ1) is 20.5. The molecule has 0 aromatic heterocycles. The van der Waals surface area contributed by atoms with Gasteiger partial charge >= 0.3 is 0 Å². The second-order valence-electron chi connectivity index (χ2n) is 7.82. The van der Waals surface area contributed by atoms with E-state index in [9.17, 15) is 9.59 Å². The molecule has 0 aliphatic carbocycles. The van der Waals surface area contributed by atoms with Crippen molar-refractivity contribution in [2.75, 3.05) is 5.32 Å². The molecule has 3 aromatic rings. The lowest BCUT2D eigenvalue weighted by Gasteiger charge is -2.14. The molecule has 1 amide bonds. The summed E-state index contributed by atoms with van der Waals surface area (Å²) >= 11 is 0. The van der Waals surface area contributed by atoms with Crippen LogP contribution in [0, 0.1) is 5.92 Å². The zero-order chi connectivity index (χ0) is 20.8. The van der Waals surface area contributed by atoms with Crippen molar-refractivity contribution in [2.24, 2.45) is 5.92 Å². The van der Waals surface area contributed by atoms with Crippen LogP contribution < -0.4 is 5.32 Å². The summed E-state index contributed by atoms with van der Waals surface area (Å²) in [6.07, 6.45) is 1.04. The van der Waals surface area contributed by atoms with E-state index in [0.29, 0.717) is 22.7 Å². The van der Waals surface area contributed by atoms with Crippen LogP contribution in [-0.2, 0) is 11.2 Å². The number of hydrogen-bond donors (Lipinski definition) is 1. The van der Waals surface area contributed by atoms with E-state index < -0.39 is 0 Å². The van der Waals surface area contributed by atoms with Gasteiger partial charge in [0.05, 0.1) is 5.92 Å². The van der Waals surface area contributed by atoms with Crippen LogP contribution in [0.2, 0.25) is 0 Å². The number of carbonyl (C=O) groups excluding carboxylic acids is 2. The predicted molar refractivity (Wildman–Crippen MR) is 118 cm³/mol. The Labute approximate surface area is 172 Å². The molecule has 3 aromatic carbocycles. The molecule has 0 saturated heterocycles. The molecule has 0 heterocycles. The van der Waals surface area contributed by atoms with E-state index in [-0.39, 0.29) is 17.6 Å². The van der Waals surface area contributed by atoms with Gasteiger partial charge in [0.15, 0.2) is 5.78 Å². The second-order valence-corrected chi connectivity index (χ2v) is 7.82. The fourth-order valence-corrected chi connectivity index (χ4v) is 3.28. The molecule has 3 nitrogen and oxygen atoms in total. The topological polar surface area (TPSA) is 46.2 Å². The monoisotopic (exact) mass is 385 g/mol. The third kappa shape index (κ3) is 5.41. The Bertz CT molecular complexity index is 958. The van der Waals surface area contributed by atoms with Crippen molar-refractivity contribution in [3.63, 3.8) is 0 Å². The summed E-state index contributed by atoms with van der Waals surface area (Å²) in [5.74, 6) is 0.258. The quantitative estimate of drug-likeness (QED) is 0.518. The van der Waals surface area contributed by atoms with Crippen LogP contribution in [0.5, 0.6) is 0 Å². The Morgan fingerprint density at radius 1 is 0.759 bits per heavy atom. The molecule has 0 aliphatic rings. The number of hydrogen-bond acceptors (Lipinski definition) is 2. The fraction of sp³-hybridized carbons (Fsp3) is 0.231. The summed E-state index contributed by atoms with van der Waals surface area (Å²) in [5.41, 5.74) is 4.21. The lowest BCUT2D eigenvalue weighted by atomic mass is 9.96. The van der Waals surface area contributed by atoms with Gasteiger partial charge in [-0.25, -0.2) is 0 Å². The molecule has 29 heavy (non-hydrogen) atoms. The number of carbonyl (C=O) groups is 2. The summed E-state index contributed by atoms with van der Waals surface area (Å²) in [4.78, 5) is 25.1. The van der Waals surface area contributed by atoms with Gasteiger partial charge in [0.2, 0.25) is 5.91 Å². The van der Waals surface area contributed by atoms with Gasteiger partial charge in [-0.2, -0.15) is 0 Å². The molecule has 0 fully saturated rings. The number of anilines is 1. The molecule has 0 spiro atoms. The summed E-state index contributed by atoms with van der Waals surface area (Å²) in [6, 6.07) is 24.5. The number of nitrogens with one attached hydrogen (secondary N) is 1. The highest BCUT2D eigenvalue weighted by molar-refractivity contribution is 6.09. The Hall–Kier alpha value is -3.20. The highest BCUT2D eigenvalue weighted by Crippen LogP contribution is 2.20. The normalized spacial score (nSPS) is 11.9. The van der Waals surface area contributed by atoms with Gasteiger partial charge in [0, 0.05) is 16.8 Å². The van der Waals surface area contributed by atoms with Crippen molar-refractivity contribution < 1.29 is 9.59 Å². The lowest BCUT2D eigenvalue weighted by molar-refractivity contribution is -0.117. The SMILES string of the molecule is CC(C)Cc1ccc(C(C)C(=O)Nc2ccc(C(=O)c3ccccc3)cc2)cc1. The molecular formula is C26H27NO2. The first-order valence-electron chi connectivity index (χ1n) is 10.0. The molecule has 1 N–H and O–H groups in total. The molecule has 148 valence electrons. The Morgan fingerprint density at radius 2 is 1.34 bits per heavy atom. The van der Waals surface area contributed by atoms with Crippen molar-refractivity contribution in [1.82, 2.24) is 0 Å². The Balaban J connectivity index is 1.63. The average Bonchev–Trinajstić information content (AvgIpc) is 2.74. The van der Waals surface area contributed by atoms with Gasteiger partial charge in [0.25, 0.3) is 0 Å². The van der Waals surface area contributed by atoms with Gasteiger partial charge in [-0.1, -0.05) is 68.4 Å². The van der Waals surface area contributed by atoms with Crippen molar-refractivity contribution in [1.29, 1.82) is 0 Å². The largest absolute Gasteiger partial charge is 0.326 e. The van der Waals surface area contributed by atoms with Crippen LogP contribution in [0.4, 0.5) is 5.69 Å². The maximum atomic E-state index is 12.6. The molecule has 0 bridgehead atoms. The first-order chi connectivity index (χ1) is 13.9. The van der Waals surface area contributed by atoms with Crippen LogP contribution in [0.15, 0.2) is 78.9 Å². The second kappa shape index (κ2) is 9.33. The molecule has 3 heteroatoms. The van der Waals surface area contributed by atoms with E-state index in [0.717, 1.165) is 12.0 Å². The Morgan fingerprint density at radius 3 is 1.93 bits per heavy atom. The third-order valence-corrected chi connectivity index (χ3v) is 4.97. The number of rotatable bonds is 7.